The number of hydrogen-bond donors (Lipinski definition) is 4. The fraction of sp³-hybridized carbons (Fsp3) is 0.286. The molecule has 0 radical (unpaired) electrons. The number of nitrogens with zero attached hydrogens (tertiary/aromatic N) is 1. The summed E-state index contributed by atoms with van der Waals surface area (Å²) in [6.45, 7) is -0.0339. The van der Waals surface area contributed by atoms with E-state index in [0.29, 0.717) is 16.7 Å². The third kappa shape index (κ3) is 5.08. The van der Waals surface area contributed by atoms with Gasteiger partial charge >= 0.3 is 6.18 Å². The van der Waals surface area contributed by atoms with Gasteiger partial charge in [0, 0.05) is 11.5 Å². The predicted octanol–water partition coefficient (Wildman–Crippen LogP) is 4.47. The lowest BCUT2D eigenvalue weighted by Crippen LogP contribution is -2.64. The number of aliphatic hydroxyl groups is 2. The number of ether oxygens (including phenoxy) is 1. The number of phenols is 1. The Labute approximate surface area is 267 Å². The number of allylic oxidation sites excluding steroid dienone is 1. The monoisotopic (exact) mass is 648 g/mol. The molecule has 5 N–H and O–H groups in total. The topological polar surface area (TPSA) is 150 Å². The van der Waals surface area contributed by atoms with Crippen LogP contribution in [0.5, 0.6) is 5.75 Å². The van der Waals surface area contributed by atoms with Crippen LogP contribution in [0.25, 0.3) is 11.1 Å². The van der Waals surface area contributed by atoms with E-state index in [9.17, 15) is 42.9 Å². The molecule has 0 aromatic heterocycles. The minimum atomic E-state index is -4.55. The molecular formula is C35H31F3N2O7. The third-order valence-corrected chi connectivity index (χ3v) is 9.35. The summed E-state index contributed by atoms with van der Waals surface area (Å²) < 4.78 is 45.8. The van der Waals surface area contributed by atoms with Gasteiger partial charge in [-0.2, -0.15) is 13.2 Å². The second-order valence-electron chi connectivity index (χ2n) is 12.3. The molecule has 12 heteroatoms. The fourth-order valence-corrected chi connectivity index (χ4v) is 7.23. The first kappa shape index (κ1) is 32.0. The highest BCUT2D eigenvalue weighted by Crippen LogP contribution is 2.53. The van der Waals surface area contributed by atoms with E-state index < -0.39 is 69.8 Å². The molecule has 3 aliphatic carbocycles. The van der Waals surface area contributed by atoms with Gasteiger partial charge in [-0.25, -0.2) is 0 Å². The third-order valence-electron chi connectivity index (χ3n) is 9.35. The highest BCUT2D eigenvalue weighted by Gasteiger charge is 2.63. The van der Waals surface area contributed by atoms with Crippen molar-refractivity contribution in [2.45, 2.75) is 37.3 Å². The molecule has 3 aromatic rings. The Morgan fingerprint density at radius 3 is 2.28 bits per heavy atom. The van der Waals surface area contributed by atoms with Crippen LogP contribution < -0.4 is 5.73 Å². The van der Waals surface area contributed by atoms with Crippen molar-refractivity contribution < 1.29 is 47.6 Å². The first-order valence-corrected chi connectivity index (χ1v) is 14.8. The van der Waals surface area contributed by atoms with Gasteiger partial charge in [-0.15, -0.1) is 0 Å². The zero-order valence-electron chi connectivity index (χ0n) is 25.3. The van der Waals surface area contributed by atoms with Crippen molar-refractivity contribution in [3.63, 3.8) is 0 Å². The molecular weight excluding hydrogens is 617 g/mol. The van der Waals surface area contributed by atoms with E-state index >= 15 is 0 Å². The smallest absolute Gasteiger partial charge is 0.416 e. The molecule has 0 heterocycles. The van der Waals surface area contributed by atoms with E-state index in [1.54, 1.807) is 43.3 Å². The molecule has 4 atom stereocenters. The average Bonchev–Trinajstić information content (AvgIpc) is 3.01. The van der Waals surface area contributed by atoms with Crippen molar-refractivity contribution >= 4 is 17.5 Å². The van der Waals surface area contributed by atoms with Crippen molar-refractivity contribution in [1.82, 2.24) is 4.90 Å². The minimum absolute atomic E-state index is 0.0339. The second kappa shape index (κ2) is 11.4. The Morgan fingerprint density at radius 2 is 1.68 bits per heavy atom. The molecule has 47 heavy (non-hydrogen) atoms. The molecule has 9 nitrogen and oxygen atoms in total. The number of benzene rings is 3. The number of likely N-dealkylation sites (N-methyl/N-ethyl adjacent to an activating group) is 1. The van der Waals surface area contributed by atoms with Gasteiger partial charge in [0.05, 0.1) is 17.2 Å². The van der Waals surface area contributed by atoms with E-state index in [1.807, 2.05) is 6.07 Å². The van der Waals surface area contributed by atoms with E-state index in [2.05, 4.69) is 0 Å². The molecule has 0 unspecified atom stereocenters. The first-order chi connectivity index (χ1) is 22.2. The van der Waals surface area contributed by atoms with E-state index in [4.69, 9.17) is 10.5 Å². The van der Waals surface area contributed by atoms with Crippen LogP contribution in [0.4, 0.5) is 13.2 Å². The minimum Gasteiger partial charge on any atom is -0.508 e. The number of fused-ring (bicyclic) bond motifs is 3. The van der Waals surface area contributed by atoms with Gasteiger partial charge < -0.3 is 25.8 Å². The molecule has 0 bridgehead atoms. The number of rotatable bonds is 6. The van der Waals surface area contributed by atoms with Crippen LogP contribution in [-0.2, 0) is 33.5 Å². The Hall–Kier alpha value is -4.94. The van der Waals surface area contributed by atoms with Crippen LogP contribution in [0, 0.1) is 11.8 Å². The lowest BCUT2D eigenvalue weighted by molar-refractivity contribution is -0.149. The van der Waals surface area contributed by atoms with Gasteiger partial charge in [0.25, 0.3) is 5.91 Å². The average molecular weight is 649 g/mol. The summed E-state index contributed by atoms with van der Waals surface area (Å²) in [5, 5.41) is 34.5. The van der Waals surface area contributed by atoms with Crippen LogP contribution in [0.15, 0.2) is 89.4 Å². The number of nitrogens with two attached hydrogens (primary N) is 1. The number of aliphatic hydroxyl groups excluding tert-OH is 1. The number of carbonyl (C=O) groups is 3. The summed E-state index contributed by atoms with van der Waals surface area (Å²) in [7, 11) is 3.29. The number of phenolic OH excluding ortho intramolecular Hbond substituents is 1. The van der Waals surface area contributed by atoms with Crippen molar-refractivity contribution in [2.75, 3.05) is 14.1 Å². The molecule has 0 fully saturated rings. The molecule has 1 amide bonds. The molecule has 6 rings (SSSR count). The summed E-state index contributed by atoms with van der Waals surface area (Å²) in [5.74, 6) is -6.60. The largest absolute Gasteiger partial charge is 0.508 e. The SMILES string of the molecule is CN(C)[C@@H]1C(OCc2ccccc2)=C(C(N)=O)C(=O)[C@@]2(O)C(O)=C3C(=O)c4c(O)ccc(-c5ccc(C(F)(F)F)cc5)c4C[C@H]3C[C@@H]12. The van der Waals surface area contributed by atoms with Gasteiger partial charge in [-0.05, 0) is 73.3 Å². The van der Waals surface area contributed by atoms with Crippen molar-refractivity contribution in [3.05, 3.63) is 112 Å². The number of hydrogen-bond acceptors (Lipinski definition) is 8. The maximum atomic E-state index is 14.0. The number of carbonyl (C=O) groups excluding carboxylic acids is 3. The standard InChI is InChI=1S/C35H31F3N2O7/c1-40(2)28-23-15-19-14-22-21(18-8-10-20(11-9-18)35(36,37)38)12-13-24(41)26(22)29(42)25(19)31(43)34(23,46)32(44)27(33(39)45)30(28)47-16-17-6-4-3-5-7-17/h3-13,19,23,28,41,43,46H,14-16H2,1-2H3,(H2,39,45)/t19-,23-,28-,34-/m0/s1. The highest BCUT2D eigenvalue weighted by atomic mass is 19.4. The maximum absolute atomic E-state index is 14.0. The lowest BCUT2D eigenvalue weighted by Gasteiger charge is -2.50. The van der Waals surface area contributed by atoms with Crippen LogP contribution in [0.1, 0.15) is 33.5 Å². The summed E-state index contributed by atoms with van der Waals surface area (Å²) in [6.07, 6.45) is -4.55. The summed E-state index contributed by atoms with van der Waals surface area (Å²) in [4.78, 5) is 42.4. The molecule has 3 aliphatic rings. The van der Waals surface area contributed by atoms with Gasteiger partial charge in [-0.1, -0.05) is 48.5 Å². The van der Waals surface area contributed by atoms with Crippen molar-refractivity contribution in [2.24, 2.45) is 17.6 Å². The van der Waals surface area contributed by atoms with E-state index in [-0.39, 0.29) is 36.3 Å². The van der Waals surface area contributed by atoms with Gasteiger partial charge in [0.1, 0.15) is 29.4 Å². The van der Waals surface area contributed by atoms with Crippen LogP contribution >= 0.6 is 0 Å². The van der Waals surface area contributed by atoms with Crippen molar-refractivity contribution in [1.29, 1.82) is 0 Å². The van der Waals surface area contributed by atoms with E-state index in [1.165, 1.54) is 24.3 Å². The molecule has 0 saturated carbocycles. The summed E-state index contributed by atoms with van der Waals surface area (Å²) >= 11 is 0. The van der Waals surface area contributed by atoms with Crippen LogP contribution in [0.2, 0.25) is 0 Å². The Bertz CT molecular complexity index is 1870. The van der Waals surface area contributed by atoms with Crippen LogP contribution in [-0.4, -0.2) is 63.4 Å². The molecule has 0 saturated heterocycles. The molecule has 0 spiro atoms. The number of amides is 1. The van der Waals surface area contributed by atoms with Gasteiger partial charge in [0.15, 0.2) is 11.4 Å². The number of aromatic hydroxyl groups is 1. The lowest BCUT2D eigenvalue weighted by atomic mass is 9.58. The second-order valence-corrected chi connectivity index (χ2v) is 12.3. The predicted molar refractivity (Wildman–Crippen MR) is 163 cm³/mol. The summed E-state index contributed by atoms with van der Waals surface area (Å²) in [6, 6.07) is 15.1. The normalized spacial score (nSPS) is 24.2. The van der Waals surface area contributed by atoms with Crippen molar-refractivity contribution in [3.8, 4) is 16.9 Å². The molecule has 244 valence electrons. The zero-order valence-corrected chi connectivity index (χ0v) is 25.3. The number of primary amides is 1. The quantitative estimate of drug-likeness (QED) is 0.286. The number of ketones is 2. The van der Waals surface area contributed by atoms with Gasteiger partial charge in [0.2, 0.25) is 5.78 Å². The number of Topliss-reactive ketones (excluding diaryl/α,β-unsaturated/α-hetero) is 2. The Kier molecular flexibility index (Phi) is 7.76. The van der Waals surface area contributed by atoms with Crippen LogP contribution in [0.3, 0.4) is 0 Å². The maximum Gasteiger partial charge on any atom is 0.416 e. The Balaban J connectivity index is 1.47. The highest BCUT2D eigenvalue weighted by molar-refractivity contribution is 6.25. The van der Waals surface area contributed by atoms with Gasteiger partial charge in [-0.3, -0.25) is 19.3 Å². The fourth-order valence-electron chi connectivity index (χ4n) is 7.23. The number of alkyl halides is 3. The zero-order chi connectivity index (χ0) is 34.0. The molecule has 0 aliphatic heterocycles. The first-order valence-electron chi connectivity index (χ1n) is 14.8. The van der Waals surface area contributed by atoms with E-state index in [0.717, 1.165) is 17.7 Å². The molecule has 3 aromatic carbocycles. The Morgan fingerprint density at radius 1 is 1.02 bits per heavy atom. The number of halogens is 3. The summed E-state index contributed by atoms with van der Waals surface area (Å²) in [5.41, 5.74) is 2.81.